The van der Waals surface area contributed by atoms with Crippen LogP contribution in [0.15, 0.2) is 18.2 Å². The van der Waals surface area contributed by atoms with Crippen molar-refractivity contribution < 1.29 is 4.79 Å². The van der Waals surface area contributed by atoms with E-state index in [9.17, 15) is 4.79 Å². The van der Waals surface area contributed by atoms with E-state index in [0.29, 0.717) is 16.6 Å². The number of nitrogens with zero attached hydrogens (tertiary/aromatic N) is 2. The van der Waals surface area contributed by atoms with Crippen LogP contribution in [0.2, 0.25) is 5.02 Å². The molecule has 1 aromatic carbocycles. The number of halogens is 1. The Bertz CT molecular complexity index is 588. The zero-order valence-electron chi connectivity index (χ0n) is 14.7. The molecule has 5 heteroatoms. The fraction of sp³-hybridized carbons (Fsp3) is 0.632. The third-order valence-corrected chi connectivity index (χ3v) is 5.92. The van der Waals surface area contributed by atoms with Crippen LogP contribution >= 0.6 is 11.6 Å². The van der Waals surface area contributed by atoms with Gasteiger partial charge in [-0.25, -0.2) is 0 Å². The summed E-state index contributed by atoms with van der Waals surface area (Å²) in [6.07, 6.45) is 4.54. The van der Waals surface area contributed by atoms with E-state index in [1.807, 2.05) is 18.2 Å². The number of nitrogen functional groups attached to an aromatic ring is 1. The number of amides is 1. The van der Waals surface area contributed by atoms with Gasteiger partial charge in [-0.15, -0.1) is 0 Å². The lowest BCUT2D eigenvalue weighted by Crippen LogP contribution is -2.59. The van der Waals surface area contributed by atoms with Crippen LogP contribution < -0.4 is 5.73 Å². The first-order chi connectivity index (χ1) is 11.5. The topological polar surface area (TPSA) is 49.6 Å². The summed E-state index contributed by atoms with van der Waals surface area (Å²) < 4.78 is 0. The highest BCUT2D eigenvalue weighted by molar-refractivity contribution is 6.33. The number of carbonyl (C=O) groups is 1. The van der Waals surface area contributed by atoms with Crippen molar-refractivity contribution in [1.82, 2.24) is 9.80 Å². The lowest BCUT2D eigenvalue weighted by atomic mass is 10.0. The number of anilines is 1. The number of nitrogens with two attached hydrogens (primary N) is 1. The van der Waals surface area contributed by atoms with Gasteiger partial charge in [0, 0.05) is 37.6 Å². The summed E-state index contributed by atoms with van der Waals surface area (Å²) in [6, 6.07) is 6.28. The normalized spacial score (nSPS) is 26.0. The molecular weight excluding hydrogens is 322 g/mol. The Hall–Kier alpha value is -1.26. The Morgan fingerprint density at radius 2 is 1.83 bits per heavy atom. The Labute approximate surface area is 149 Å². The van der Waals surface area contributed by atoms with Gasteiger partial charge in [0.2, 0.25) is 5.91 Å². The minimum atomic E-state index is 0.238. The van der Waals surface area contributed by atoms with E-state index >= 15 is 0 Å². The highest BCUT2D eigenvalue weighted by Crippen LogP contribution is 2.30. The van der Waals surface area contributed by atoms with E-state index < -0.39 is 0 Å². The second-order valence-electron chi connectivity index (χ2n) is 7.44. The Balaban J connectivity index is 1.66. The SMILES string of the molecule is C[C@@H]1CN(Cc2cccc(N)c2Cl)C[C@H](C)N1C(=O)C1CCCC1. The van der Waals surface area contributed by atoms with Crippen LogP contribution in [-0.4, -0.2) is 40.9 Å². The molecule has 1 saturated carbocycles. The average molecular weight is 350 g/mol. The van der Waals surface area contributed by atoms with E-state index in [1.165, 1.54) is 12.8 Å². The maximum Gasteiger partial charge on any atom is 0.226 e. The molecule has 132 valence electrons. The summed E-state index contributed by atoms with van der Waals surface area (Å²) >= 11 is 6.33. The van der Waals surface area contributed by atoms with Crippen molar-refractivity contribution in [2.24, 2.45) is 5.92 Å². The van der Waals surface area contributed by atoms with Gasteiger partial charge in [0.1, 0.15) is 0 Å². The van der Waals surface area contributed by atoms with Crippen molar-refractivity contribution in [2.75, 3.05) is 18.8 Å². The highest BCUT2D eigenvalue weighted by atomic mass is 35.5. The van der Waals surface area contributed by atoms with Crippen molar-refractivity contribution in [2.45, 2.75) is 58.2 Å². The average Bonchev–Trinajstić information content (AvgIpc) is 3.05. The van der Waals surface area contributed by atoms with Crippen LogP contribution in [0, 0.1) is 5.92 Å². The standard InChI is InChI=1S/C19H28ClN3O/c1-13-10-22(12-16-8-5-9-17(21)18(16)20)11-14(2)23(13)19(24)15-6-3-4-7-15/h5,8-9,13-15H,3-4,6-7,10-12,21H2,1-2H3/t13-,14+. The molecule has 2 N–H and O–H groups in total. The fourth-order valence-electron chi connectivity index (χ4n) is 4.34. The summed E-state index contributed by atoms with van der Waals surface area (Å²) in [5.74, 6) is 0.624. The first-order valence-corrected chi connectivity index (χ1v) is 9.42. The summed E-state index contributed by atoms with van der Waals surface area (Å²) in [5.41, 5.74) is 7.60. The monoisotopic (exact) mass is 349 g/mol. The molecule has 1 heterocycles. The van der Waals surface area contributed by atoms with Crippen LogP contribution in [0.4, 0.5) is 5.69 Å². The minimum absolute atomic E-state index is 0.238. The van der Waals surface area contributed by atoms with Crippen LogP contribution in [0.3, 0.4) is 0 Å². The Kier molecular flexibility index (Phi) is 5.36. The number of carbonyl (C=O) groups excluding carboxylic acids is 1. The molecule has 0 aromatic heterocycles. The maximum atomic E-state index is 12.9. The molecule has 0 spiro atoms. The Morgan fingerprint density at radius 1 is 1.21 bits per heavy atom. The second kappa shape index (κ2) is 7.32. The summed E-state index contributed by atoms with van der Waals surface area (Å²) in [7, 11) is 0. The van der Waals surface area contributed by atoms with Gasteiger partial charge in [0.05, 0.1) is 10.7 Å². The zero-order valence-corrected chi connectivity index (χ0v) is 15.4. The van der Waals surface area contributed by atoms with Crippen molar-refractivity contribution in [3.63, 3.8) is 0 Å². The maximum absolute atomic E-state index is 12.9. The van der Waals surface area contributed by atoms with Crippen LogP contribution in [0.5, 0.6) is 0 Å². The third kappa shape index (κ3) is 3.55. The molecule has 3 rings (SSSR count). The van der Waals surface area contributed by atoms with Crippen LogP contribution in [-0.2, 0) is 11.3 Å². The first kappa shape index (κ1) is 17.6. The van der Waals surface area contributed by atoms with E-state index in [2.05, 4.69) is 23.6 Å². The molecule has 0 radical (unpaired) electrons. The summed E-state index contributed by atoms with van der Waals surface area (Å²) in [4.78, 5) is 17.4. The van der Waals surface area contributed by atoms with Gasteiger partial charge >= 0.3 is 0 Å². The molecule has 2 aliphatic rings. The van der Waals surface area contributed by atoms with Crippen molar-refractivity contribution in [1.29, 1.82) is 0 Å². The number of hydrogen-bond donors (Lipinski definition) is 1. The molecule has 4 nitrogen and oxygen atoms in total. The number of piperazine rings is 1. The highest BCUT2D eigenvalue weighted by Gasteiger charge is 2.36. The quantitative estimate of drug-likeness (QED) is 0.849. The van der Waals surface area contributed by atoms with Gasteiger partial charge < -0.3 is 10.6 Å². The van der Waals surface area contributed by atoms with Gasteiger partial charge in [0.25, 0.3) is 0 Å². The number of benzene rings is 1. The van der Waals surface area contributed by atoms with Crippen molar-refractivity contribution >= 4 is 23.2 Å². The van der Waals surface area contributed by atoms with Gasteiger partial charge in [-0.3, -0.25) is 9.69 Å². The lowest BCUT2D eigenvalue weighted by Gasteiger charge is -2.45. The molecule has 0 unspecified atom stereocenters. The molecule has 0 bridgehead atoms. The minimum Gasteiger partial charge on any atom is -0.398 e. The molecular formula is C19H28ClN3O. The van der Waals surface area contributed by atoms with E-state index in [0.717, 1.165) is 38.0 Å². The molecule has 1 saturated heterocycles. The van der Waals surface area contributed by atoms with Gasteiger partial charge in [0.15, 0.2) is 0 Å². The van der Waals surface area contributed by atoms with Crippen molar-refractivity contribution in [3.8, 4) is 0 Å². The van der Waals surface area contributed by atoms with Crippen molar-refractivity contribution in [3.05, 3.63) is 28.8 Å². The molecule has 1 aliphatic heterocycles. The van der Waals surface area contributed by atoms with Crippen LogP contribution in [0.25, 0.3) is 0 Å². The Morgan fingerprint density at radius 3 is 2.46 bits per heavy atom. The van der Waals surface area contributed by atoms with E-state index in [1.54, 1.807) is 0 Å². The second-order valence-corrected chi connectivity index (χ2v) is 7.82. The smallest absolute Gasteiger partial charge is 0.226 e. The first-order valence-electron chi connectivity index (χ1n) is 9.04. The largest absolute Gasteiger partial charge is 0.398 e. The van der Waals surface area contributed by atoms with E-state index in [4.69, 9.17) is 17.3 Å². The molecule has 1 amide bonds. The lowest BCUT2D eigenvalue weighted by molar-refractivity contribution is -0.143. The number of hydrogen-bond acceptors (Lipinski definition) is 3. The van der Waals surface area contributed by atoms with Gasteiger partial charge in [-0.05, 0) is 38.3 Å². The predicted octanol–water partition coefficient (Wildman–Crippen LogP) is 3.53. The predicted molar refractivity (Wildman–Crippen MR) is 98.9 cm³/mol. The zero-order chi connectivity index (χ0) is 17.3. The van der Waals surface area contributed by atoms with Gasteiger partial charge in [-0.2, -0.15) is 0 Å². The fourth-order valence-corrected chi connectivity index (χ4v) is 4.53. The molecule has 1 aliphatic carbocycles. The molecule has 24 heavy (non-hydrogen) atoms. The number of rotatable bonds is 3. The van der Waals surface area contributed by atoms with Crippen LogP contribution in [0.1, 0.15) is 45.1 Å². The molecule has 1 aromatic rings. The molecule has 2 fully saturated rings. The summed E-state index contributed by atoms with van der Waals surface area (Å²) in [5, 5.41) is 0.655. The summed E-state index contributed by atoms with van der Waals surface area (Å²) in [6.45, 7) is 6.87. The van der Waals surface area contributed by atoms with E-state index in [-0.39, 0.29) is 18.0 Å². The third-order valence-electron chi connectivity index (χ3n) is 5.46. The molecule has 2 atom stereocenters. The van der Waals surface area contributed by atoms with Gasteiger partial charge in [-0.1, -0.05) is 36.6 Å².